The summed E-state index contributed by atoms with van der Waals surface area (Å²) in [4.78, 5) is 26.6. The maximum atomic E-state index is 12.3. The van der Waals surface area contributed by atoms with Gasteiger partial charge >= 0.3 is 0 Å². The van der Waals surface area contributed by atoms with Crippen molar-refractivity contribution in [1.82, 2.24) is 10.3 Å². The van der Waals surface area contributed by atoms with Crippen LogP contribution in [-0.2, 0) is 4.74 Å². The molecule has 5 heteroatoms. The fourth-order valence-electron chi connectivity index (χ4n) is 2.07. The Kier molecular flexibility index (Phi) is 4.53. The van der Waals surface area contributed by atoms with Gasteiger partial charge in [0.1, 0.15) is 0 Å². The van der Waals surface area contributed by atoms with Crippen LogP contribution in [-0.4, -0.2) is 30.6 Å². The number of ether oxygens (including phenoxy) is 1. The lowest BCUT2D eigenvalue weighted by Crippen LogP contribution is -2.33. The van der Waals surface area contributed by atoms with E-state index < -0.39 is 0 Å². The lowest BCUT2D eigenvalue weighted by atomic mass is 10.1. The Morgan fingerprint density at radius 2 is 2.05 bits per heavy atom. The molecule has 0 bridgehead atoms. The number of hydrogen-bond donors (Lipinski definition) is 2. The molecule has 0 spiro atoms. The van der Waals surface area contributed by atoms with Crippen molar-refractivity contribution in [2.75, 3.05) is 13.7 Å². The van der Waals surface area contributed by atoms with Crippen LogP contribution in [0, 0.1) is 0 Å². The summed E-state index contributed by atoms with van der Waals surface area (Å²) in [5.74, 6) is -0.193. The molecule has 1 atom stereocenters. The zero-order valence-electron chi connectivity index (χ0n) is 11.6. The molecule has 2 N–H and O–H groups in total. The molecule has 0 saturated carbocycles. The zero-order chi connectivity index (χ0) is 14.5. The Morgan fingerprint density at radius 1 is 1.35 bits per heavy atom. The third-order valence-electron chi connectivity index (χ3n) is 3.19. The van der Waals surface area contributed by atoms with Gasteiger partial charge in [-0.2, -0.15) is 0 Å². The van der Waals surface area contributed by atoms with E-state index in [0.29, 0.717) is 22.9 Å². The smallest absolute Gasteiger partial charge is 0.255 e. The lowest BCUT2D eigenvalue weighted by Gasteiger charge is -2.14. The average Bonchev–Trinajstić information content (AvgIpc) is 2.45. The van der Waals surface area contributed by atoms with E-state index in [4.69, 9.17) is 4.74 Å². The van der Waals surface area contributed by atoms with Gasteiger partial charge in [0.25, 0.3) is 11.5 Å². The highest BCUT2D eigenvalue weighted by atomic mass is 16.5. The molecule has 0 radical (unpaired) electrons. The van der Waals surface area contributed by atoms with Crippen LogP contribution in [0.5, 0.6) is 0 Å². The molecule has 1 heterocycles. The van der Waals surface area contributed by atoms with Crippen molar-refractivity contribution in [1.29, 1.82) is 0 Å². The first kappa shape index (κ1) is 14.3. The number of fused-ring (bicyclic) bond motifs is 1. The van der Waals surface area contributed by atoms with Crippen LogP contribution in [0.1, 0.15) is 23.7 Å². The number of methoxy groups -OCH3 is 1. The van der Waals surface area contributed by atoms with E-state index in [1.165, 1.54) is 6.20 Å². The van der Waals surface area contributed by atoms with Crippen molar-refractivity contribution >= 4 is 16.7 Å². The van der Waals surface area contributed by atoms with E-state index in [-0.39, 0.29) is 17.5 Å². The maximum Gasteiger partial charge on any atom is 0.255 e. The third kappa shape index (κ3) is 3.05. The average molecular weight is 274 g/mol. The number of benzene rings is 1. The third-order valence-corrected chi connectivity index (χ3v) is 3.19. The Morgan fingerprint density at radius 3 is 2.75 bits per heavy atom. The molecule has 5 nitrogen and oxygen atoms in total. The molecule has 0 aliphatic rings. The summed E-state index contributed by atoms with van der Waals surface area (Å²) in [5, 5.41) is 4.08. The van der Waals surface area contributed by atoms with Gasteiger partial charge in [0.15, 0.2) is 0 Å². The first-order chi connectivity index (χ1) is 9.63. The molecule has 0 aliphatic carbocycles. The van der Waals surface area contributed by atoms with Gasteiger partial charge in [-0.05, 0) is 19.4 Å². The molecule has 2 aromatic rings. The van der Waals surface area contributed by atoms with Gasteiger partial charge in [-0.15, -0.1) is 0 Å². The minimum atomic E-state index is -0.193. The molecule has 1 aromatic heterocycles. The van der Waals surface area contributed by atoms with Crippen LogP contribution < -0.4 is 10.9 Å². The molecule has 1 aromatic carbocycles. The quantitative estimate of drug-likeness (QED) is 0.871. The summed E-state index contributed by atoms with van der Waals surface area (Å²) in [6.45, 7) is 2.51. The van der Waals surface area contributed by atoms with Crippen molar-refractivity contribution in [3.8, 4) is 0 Å². The molecule has 0 saturated heterocycles. The summed E-state index contributed by atoms with van der Waals surface area (Å²) in [6.07, 6.45) is 2.20. The summed E-state index contributed by atoms with van der Waals surface area (Å²) >= 11 is 0. The van der Waals surface area contributed by atoms with Gasteiger partial charge in [0.05, 0.1) is 5.56 Å². The number of pyridine rings is 1. The molecule has 106 valence electrons. The Hall–Kier alpha value is -2.14. The van der Waals surface area contributed by atoms with Crippen LogP contribution in [0.3, 0.4) is 0 Å². The second-order valence-electron chi connectivity index (χ2n) is 4.73. The van der Waals surface area contributed by atoms with E-state index in [0.717, 1.165) is 6.42 Å². The van der Waals surface area contributed by atoms with Crippen LogP contribution in [0.2, 0.25) is 0 Å². The molecular formula is C15H18N2O3. The predicted octanol–water partition coefficient (Wildman–Crippen LogP) is 1.68. The monoisotopic (exact) mass is 274 g/mol. The van der Waals surface area contributed by atoms with Gasteiger partial charge in [-0.1, -0.05) is 18.2 Å². The number of aromatic amines is 1. The van der Waals surface area contributed by atoms with E-state index >= 15 is 0 Å². The maximum absolute atomic E-state index is 12.3. The summed E-state index contributed by atoms with van der Waals surface area (Å²) in [7, 11) is 1.63. The highest BCUT2D eigenvalue weighted by molar-refractivity contribution is 6.06. The topological polar surface area (TPSA) is 71.2 Å². The highest BCUT2D eigenvalue weighted by Gasteiger charge is 2.13. The van der Waals surface area contributed by atoms with Crippen molar-refractivity contribution in [2.45, 2.75) is 19.4 Å². The highest BCUT2D eigenvalue weighted by Crippen LogP contribution is 2.14. The van der Waals surface area contributed by atoms with Crippen LogP contribution in [0.25, 0.3) is 10.8 Å². The van der Waals surface area contributed by atoms with Crippen LogP contribution >= 0.6 is 0 Å². The number of nitrogens with one attached hydrogen (secondary N) is 2. The van der Waals surface area contributed by atoms with Gasteiger partial charge in [0.2, 0.25) is 0 Å². The largest absolute Gasteiger partial charge is 0.385 e. The van der Waals surface area contributed by atoms with Crippen LogP contribution in [0.15, 0.2) is 35.3 Å². The molecule has 1 amide bonds. The summed E-state index contributed by atoms with van der Waals surface area (Å²) < 4.78 is 4.99. The Bertz CT molecular complexity index is 663. The zero-order valence-corrected chi connectivity index (χ0v) is 11.6. The summed E-state index contributed by atoms with van der Waals surface area (Å²) in [5.41, 5.74) is 0.286. The van der Waals surface area contributed by atoms with Gasteiger partial charge in [-0.25, -0.2) is 0 Å². The Labute approximate surface area is 117 Å². The normalized spacial score (nSPS) is 12.3. The number of aromatic nitrogens is 1. The molecule has 2 rings (SSSR count). The predicted molar refractivity (Wildman–Crippen MR) is 78.0 cm³/mol. The Balaban J connectivity index is 2.27. The first-order valence-electron chi connectivity index (χ1n) is 6.53. The minimum Gasteiger partial charge on any atom is -0.385 e. The van der Waals surface area contributed by atoms with Gasteiger partial charge in [-0.3, -0.25) is 9.59 Å². The number of rotatable bonds is 5. The molecular weight excluding hydrogens is 256 g/mol. The second kappa shape index (κ2) is 6.34. The fourth-order valence-corrected chi connectivity index (χ4v) is 2.07. The van der Waals surface area contributed by atoms with Crippen molar-refractivity contribution < 1.29 is 9.53 Å². The molecule has 20 heavy (non-hydrogen) atoms. The van der Waals surface area contributed by atoms with Gasteiger partial charge < -0.3 is 15.0 Å². The standard InChI is InChI=1S/C15H18N2O3/c1-10(7-8-20-2)17-15(19)13-9-16-14(18)12-6-4-3-5-11(12)13/h3-6,9-10H,7-8H2,1-2H3,(H,16,18)(H,17,19)/t10-/m1/s1. The van der Waals surface area contributed by atoms with Gasteiger partial charge in [0, 0.05) is 36.7 Å². The van der Waals surface area contributed by atoms with Crippen molar-refractivity contribution in [3.05, 3.63) is 46.4 Å². The van der Waals surface area contributed by atoms with E-state index in [1.807, 2.05) is 13.0 Å². The number of carbonyl (C=O) groups excluding carboxylic acids is 1. The van der Waals surface area contributed by atoms with E-state index in [2.05, 4.69) is 10.3 Å². The van der Waals surface area contributed by atoms with Crippen molar-refractivity contribution in [3.63, 3.8) is 0 Å². The fraction of sp³-hybridized carbons (Fsp3) is 0.333. The molecule has 0 fully saturated rings. The molecule has 0 unspecified atom stereocenters. The van der Waals surface area contributed by atoms with Crippen molar-refractivity contribution in [2.24, 2.45) is 0 Å². The minimum absolute atomic E-state index is 0.00754. The second-order valence-corrected chi connectivity index (χ2v) is 4.73. The number of carbonyl (C=O) groups is 1. The van der Waals surface area contributed by atoms with Crippen LogP contribution in [0.4, 0.5) is 0 Å². The SMILES string of the molecule is COCC[C@@H](C)NC(=O)c1c[nH]c(=O)c2ccccc12. The number of hydrogen-bond acceptors (Lipinski definition) is 3. The number of amides is 1. The lowest BCUT2D eigenvalue weighted by molar-refractivity contribution is 0.0931. The van der Waals surface area contributed by atoms with E-state index in [1.54, 1.807) is 25.3 Å². The first-order valence-corrected chi connectivity index (χ1v) is 6.53. The van der Waals surface area contributed by atoms with E-state index in [9.17, 15) is 9.59 Å². The molecule has 0 aliphatic heterocycles. The summed E-state index contributed by atoms with van der Waals surface area (Å²) in [6, 6.07) is 7.08. The number of H-pyrrole nitrogens is 1.